The van der Waals surface area contributed by atoms with E-state index in [2.05, 4.69) is 11.4 Å². The quantitative estimate of drug-likeness (QED) is 0.854. The number of hydrogen-bond donors (Lipinski definition) is 1. The molecule has 1 N–H and O–H groups in total. The van der Waals surface area contributed by atoms with Crippen molar-refractivity contribution in [3.63, 3.8) is 0 Å². The first-order valence-corrected chi connectivity index (χ1v) is 6.33. The molecule has 0 radical (unpaired) electrons. The van der Waals surface area contributed by atoms with Crippen molar-refractivity contribution >= 4 is 11.6 Å². The van der Waals surface area contributed by atoms with Crippen LogP contribution in [-0.4, -0.2) is 19.3 Å². The minimum Gasteiger partial charge on any atom is -0.380 e. The molecule has 1 heterocycles. The molecule has 2 unspecified atom stereocenters. The van der Waals surface area contributed by atoms with Gasteiger partial charge in [-0.05, 0) is 36.5 Å². The van der Waals surface area contributed by atoms with Gasteiger partial charge in [0.15, 0.2) is 0 Å². The number of nitrogens with one attached hydrogen (secondary N) is 1. The molecule has 1 aromatic carbocycles. The van der Waals surface area contributed by atoms with Gasteiger partial charge in [-0.1, -0.05) is 23.7 Å². The van der Waals surface area contributed by atoms with E-state index in [9.17, 15) is 0 Å². The average Bonchev–Trinajstić information content (AvgIpc) is 2.90. The van der Waals surface area contributed by atoms with E-state index in [4.69, 9.17) is 16.3 Å². The van der Waals surface area contributed by atoms with Crippen molar-refractivity contribution in [2.45, 2.75) is 31.3 Å². The lowest BCUT2D eigenvalue weighted by Crippen LogP contribution is -2.32. The highest BCUT2D eigenvalue weighted by atomic mass is 35.5. The van der Waals surface area contributed by atoms with Crippen LogP contribution in [0.25, 0.3) is 0 Å². The van der Waals surface area contributed by atoms with Gasteiger partial charge in [-0.15, -0.1) is 0 Å². The van der Waals surface area contributed by atoms with Crippen LogP contribution in [0.2, 0.25) is 5.02 Å². The molecule has 0 bridgehead atoms. The molecule has 0 saturated carbocycles. The van der Waals surface area contributed by atoms with Gasteiger partial charge in [0.05, 0.1) is 6.61 Å². The molecule has 1 saturated heterocycles. The minimum absolute atomic E-state index is 0.473. The largest absolute Gasteiger partial charge is 0.380 e. The Morgan fingerprint density at radius 3 is 3.06 bits per heavy atom. The third-order valence-electron chi connectivity index (χ3n) is 3.58. The van der Waals surface area contributed by atoms with E-state index in [-0.39, 0.29) is 0 Å². The predicted octanol–water partition coefficient (Wildman–Crippen LogP) is 2.71. The Morgan fingerprint density at radius 1 is 1.31 bits per heavy atom. The Kier molecular flexibility index (Phi) is 2.88. The molecule has 3 rings (SSSR count). The lowest BCUT2D eigenvalue weighted by atomic mass is 10.1. The van der Waals surface area contributed by atoms with Crippen LogP contribution in [0.1, 0.15) is 30.0 Å². The van der Waals surface area contributed by atoms with Crippen molar-refractivity contribution in [3.05, 3.63) is 34.3 Å². The monoisotopic (exact) mass is 237 g/mol. The molecule has 3 heteroatoms. The zero-order valence-electron chi connectivity index (χ0n) is 9.21. The van der Waals surface area contributed by atoms with Crippen molar-refractivity contribution < 1.29 is 4.74 Å². The van der Waals surface area contributed by atoms with Crippen LogP contribution in [0, 0.1) is 0 Å². The Bertz CT molecular complexity index is 388. The standard InChI is InChI=1S/C13H16ClNO/c14-12-3-1-2-11-10(12)4-5-13(11)15-9-6-7-16-8-9/h1-3,9,13,15H,4-8H2. The maximum Gasteiger partial charge on any atom is 0.0620 e. The zero-order chi connectivity index (χ0) is 11.0. The second kappa shape index (κ2) is 4.36. The fourth-order valence-electron chi connectivity index (χ4n) is 2.73. The topological polar surface area (TPSA) is 21.3 Å². The van der Waals surface area contributed by atoms with Gasteiger partial charge in [-0.3, -0.25) is 0 Å². The molecule has 16 heavy (non-hydrogen) atoms. The lowest BCUT2D eigenvalue weighted by Gasteiger charge is -2.18. The molecular weight excluding hydrogens is 222 g/mol. The summed E-state index contributed by atoms with van der Waals surface area (Å²) in [5.74, 6) is 0. The second-order valence-corrected chi connectivity index (χ2v) is 5.03. The fraction of sp³-hybridized carbons (Fsp3) is 0.538. The molecule has 1 aromatic rings. The number of halogens is 1. The maximum atomic E-state index is 6.20. The summed E-state index contributed by atoms with van der Waals surface area (Å²) in [4.78, 5) is 0. The Hall–Kier alpha value is -0.570. The molecule has 2 nitrogen and oxygen atoms in total. The third-order valence-corrected chi connectivity index (χ3v) is 3.93. The molecule has 1 fully saturated rings. The van der Waals surface area contributed by atoms with Crippen molar-refractivity contribution in [1.82, 2.24) is 5.32 Å². The normalized spacial score (nSPS) is 28.3. The van der Waals surface area contributed by atoms with E-state index < -0.39 is 0 Å². The summed E-state index contributed by atoms with van der Waals surface area (Å²) in [6.07, 6.45) is 3.39. The van der Waals surface area contributed by atoms with Crippen molar-refractivity contribution in [2.75, 3.05) is 13.2 Å². The van der Waals surface area contributed by atoms with Gasteiger partial charge in [0.1, 0.15) is 0 Å². The van der Waals surface area contributed by atoms with Crippen LogP contribution < -0.4 is 5.32 Å². The van der Waals surface area contributed by atoms with E-state index in [0.29, 0.717) is 12.1 Å². The molecule has 1 aliphatic carbocycles. The number of ether oxygens (including phenoxy) is 1. The number of hydrogen-bond acceptors (Lipinski definition) is 2. The highest BCUT2D eigenvalue weighted by Gasteiger charge is 2.27. The van der Waals surface area contributed by atoms with E-state index in [1.165, 1.54) is 11.1 Å². The van der Waals surface area contributed by atoms with Gasteiger partial charge in [0, 0.05) is 23.7 Å². The van der Waals surface area contributed by atoms with Gasteiger partial charge in [-0.2, -0.15) is 0 Å². The van der Waals surface area contributed by atoms with Crippen molar-refractivity contribution in [2.24, 2.45) is 0 Å². The smallest absolute Gasteiger partial charge is 0.0620 e. The fourth-order valence-corrected chi connectivity index (χ4v) is 3.01. The average molecular weight is 238 g/mol. The summed E-state index contributed by atoms with van der Waals surface area (Å²) in [6, 6.07) is 7.23. The van der Waals surface area contributed by atoms with Crippen LogP contribution in [0.5, 0.6) is 0 Å². The molecule has 86 valence electrons. The van der Waals surface area contributed by atoms with Crippen LogP contribution in [-0.2, 0) is 11.2 Å². The predicted molar refractivity (Wildman–Crippen MR) is 64.9 cm³/mol. The Labute approximate surface area is 101 Å². The highest BCUT2D eigenvalue weighted by molar-refractivity contribution is 6.31. The van der Waals surface area contributed by atoms with Gasteiger partial charge in [-0.25, -0.2) is 0 Å². The number of benzene rings is 1. The first kappa shape index (κ1) is 10.6. The van der Waals surface area contributed by atoms with Crippen LogP contribution in [0.3, 0.4) is 0 Å². The van der Waals surface area contributed by atoms with Gasteiger partial charge in [0.25, 0.3) is 0 Å². The van der Waals surface area contributed by atoms with Gasteiger partial charge < -0.3 is 10.1 Å². The maximum absolute atomic E-state index is 6.20. The van der Waals surface area contributed by atoms with Gasteiger partial charge in [0.2, 0.25) is 0 Å². The Morgan fingerprint density at radius 2 is 2.25 bits per heavy atom. The zero-order valence-corrected chi connectivity index (χ0v) is 9.96. The van der Waals surface area contributed by atoms with E-state index in [1.807, 2.05) is 12.1 Å². The molecule has 0 aromatic heterocycles. The molecule has 2 aliphatic rings. The summed E-state index contributed by atoms with van der Waals surface area (Å²) in [5, 5.41) is 4.60. The molecule has 0 spiro atoms. The third kappa shape index (κ3) is 1.86. The SMILES string of the molecule is Clc1cccc2c1CCC2NC1CCOC1. The first-order chi connectivity index (χ1) is 7.84. The van der Waals surface area contributed by atoms with E-state index in [0.717, 1.165) is 37.5 Å². The summed E-state index contributed by atoms with van der Waals surface area (Å²) < 4.78 is 5.39. The van der Waals surface area contributed by atoms with E-state index in [1.54, 1.807) is 0 Å². The van der Waals surface area contributed by atoms with Crippen LogP contribution in [0.4, 0.5) is 0 Å². The number of rotatable bonds is 2. The summed E-state index contributed by atoms with van der Waals surface area (Å²) in [5.41, 5.74) is 2.72. The second-order valence-electron chi connectivity index (χ2n) is 4.63. The molecule has 0 amide bonds. The van der Waals surface area contributed by atoms with Crippen molar-refractivity contribution in [3.8, 4) is 0 Å². The molecular formula is C13H16ClNO. The summed E-state index contributed by atoms with van der Waals surface area (Å²) in [6.45, 7) is 1.75. The Balaban J connectivity index is 1.78. The summed E-state index contributed by atoms with van der Waals surface area (Å²) >= 11 is 6.20. The van der Waals surface area contributed by atoms with Crippen LogP contribution >= 0.6 is 11.6 Å². The van der Waals surface area contributed by atoms with Crippen LogP contribution in [0.15, 0.2) is 18.2 Å². The van der Waals surface area contributed by atoms with E-state index >= 15 is 0 Å². The van der Waals surface area contributed by atoms with Crippen molar-refractivity contribution in [1.29, 1.82) is 0 Å². The molecule has 2 atom stereocenters. The van der Waals surface area contributed by atoms with Gasteiger partial charge >= 0.3 is 0 Å². The highest BCUT2D eigenvalue weighted by Crippen LogP contribution is 2.35. The first-order valence-electron chi connectivity index (χ1n) is 5.95. The number of fused-ring (bicyclic) bond motifs is 1. The summed E-state index contributed by atoms with van der Waals surface area (Å²) in [7, 11) is 0. The molecule has 1 aliphatic heterocycles. The lowest BCUT2D eigenvalue weighted by molar-refractivity contribution is 0.188. The minimum atomic E-state index is 0.473.